The summed E-state index contributed by atoms with van der Waals surface area (Å²) in [6, 6.07) is 2.27. The van der Waals surface area contributed by atoms with Crippen molar-refractivity contribution >= 4 is 11.5 Å². The van der Waals surface area contributed by atoms with Gasteiger partial charge in [-0.3, -0.25) is 14.9 Å². The molecule has 0 radical (unpaired) electrons. The summed E-state index contributed by atoms with van der Waals surface area (Å²) in [6.07, 6.45) is 0.172. The van der Waals surface area contributed by atoms with Gasteiger partial charge in [-0.15, -0.1) is 0 Å². The van der Waals surface area contributed by atoms with Gasteiger partial charge in [-0.05, 0) is 25.5 Å². The van der Waals surface area contributed by atoms with Gasteiger partial charge in [0.2, 0.25) is 5.75 Å². The van der Waals surface area contributed by atoms with E-state index in [0.29, 0.717) is 0 Å². The lowest BCUT2D eigenvalue weighted by molar-refractivity contribution is -0.387. The number of nitrogens with zero attached hydrogens (tertiary/aromatic N) is 1. The third-order valence-corrected chi connectivity index (χ3v) is 2.38. The zero-order chi connectivity index (χ0) is 13.9. The molecule has 0 amide bonds. The molecule has 0 aliphatic rings. The zero-order valence-corrected chi connectivity index (χ0v) is 9.78. The first-order valence-corrected chi connectivity index (χ1v) is 5.14. The van der Waals surface area contributed by atoms with Crippen molar-refractivity contribution in [2.75, 3.05) is 0 Å². The normalized spacial score (nSPS) is 10.5. The lowest BCUT2D eigenvalue weighted by atomic mass is 9.99. The summed E-state index contributed by atoms with van der Waals surface area (Å²) in [5, 5.41) is 10.9. The van der Waals surface area contributed by atoms with E-state index in [4.69, 9.17) is 0 Å². The van der Waals surface area contributed by atoms with Crippen LogP contribution < -0.4 is 4.74 Å². The molecule has 0 atom stereocenters. The van der Waals surface area contributed by atoms with Crippen molar-refractivity contribution < 1.29 is 23.2 Å². The number of hydrogen-bond acceptors (Lipinski definition) is 4. The molecule has 0 heterocycles. The molecule has 1 aromatic rings. The first kappa shape index (κ1) is 14.0. The number of carbonyl (C=O) groups is 1. The number of benzene rings is 1. The van der Waals surface area contributed by atoms with E-state index in [2.05, 4.69) is 4.74 Å². The van der Waals surface area contributed by atoms with Gasteiger partial charge in [0.25, 0.3) is 0 Å². The number of alkyl halides is 2. The highest BCUT2D eigenvalue weighted by atomic mass is 19.3. The largest absolute Gasteiger partial charge is 0.427 e. The standard InChI is InChI=1S/C11H11F2NO4/c1-3-7-8(6(2)15)4-5-9(18-11(12)13)10(7)14(16)17/h4-5,11H,3H2,1-2H3. The summed E-state index contributed by atoms with van der Waals surface area (Å²) in [5.41, 5.74) is -0.332. The monoisotopic (exact) mass is 259 g/mol. The van der Waals surface area contributed by atoms with Crippen molar-refractivity contribution in [1.82, 2.24) is 0 Å². The Morgan fingerprint density at radius 3 is 2.50 bits per heavy atom. The number of halogens is 2. The lowest BCUT2D eigenvalue weighted by Crippen LogP contribution is -2.09. The van der Waals surface area contributed by atoms with E-state index < -0.39 is 23.0 Å². The third-order valence-electron chi connectivity index (χ3n) is 2.38. The van der Waals surface area contributed by atoms with Gasteiger partial charge in [-0.2, -0.15) is 8.78 Å². The smallest absolute Gasteiger partial charge is 0.387 e. The Kier molecular flexibility index (Phi) is 4.30. The molecule has 0 N–H and O–H groups in total. The highest BCUT2D eigenvalue weighted by Gasteiger charge is 2.26. The first-order valence-electron chi connectivity index (χ1n) is 5.14. The minimum Gasteiger partial charge on any atom is -0.427 e. The quantitative estimate of drug-likeness (QED) is 0.463. The van der Waals surface area contributed by atoms with Gasteiger partial charge in [0.1, 0.15) is 0 Å². The highest BCUT2D eigenvalue weighted by molar-refractivity contribution is 5.97. The van der Waals surface area contributed by atoms with Crippen molar-refractivity contribution in [3.63, 3.8) is 0 Å². The van der Waals surface area contributed by atoms with E-state index in [1.807, 2.05) is 0 Å². The Bertz CT molecular complexity index is 488. The molecular weight excluding hydrogens is 248 g/mol. The number of ketones is 1. The van der Waals surface area contributed by atoms with Crippen LogP contribution in [0.5, 0.6) is 5.75 Å². The molecule has 0 saturated heterocycles. The van der Waals surface area contributed by atoms with Crippen molar-refractivity contribution in [3.8, 4) is 5.75 Å². The lowest BCUT2D eigenvalue weighted by Gasteiger charge is -2.10. The summed E-state index contributed by atoms with van der Waals surface area (Å²) < 4.78 is 28.4. The van der Waals surface area contributed by atoms with Crippen LogP contribution in [0.2, 0.25) is 0 Å². The van der Waals surface area contributed by atoms with Crippen molar-refractivity contribution in [3.05, 3.63) is 33.4 Å². The van der Waals surface area contributed by atoms with E-state index in [-0.39, 0.29) is 23.3 Å². The third kappa shape index (κ3) is 2.79. The van der Waals surface area contributed by atoms with Crippen LogP contribution in [0.1, 0.15) is 29.8 Å². The van der Waals surface area contributed by atoms with Gasteiger partial charge >= 0.3 is 12.3 Å². The maximum absolute atomic E-state index is 12.1. The van der Waals surface area contributed by atoms with Crippen LogP contribution in [0.4, 0.5) is 14.5 Å². The first-order chi connectivity index (χ1) is 8.38. The summed E-state index contributed by atoms with van der Waals surface area (Å²) in [4.78, 5) is 21.4. The van der Waals surface area contributed by atoms with E-state index in [9.17, 15) is 23.7 Å². The maximum Gasteiger partial charge on any atom is 0.387 e. The molecule has 0 aliphatic carbocycles. The fourth-order valence-corrected chi connectivity index (χ4v) is 1.69. The molecule has 0 aliphatic heterocycles. The molecule has 18 heavy (non-hydrogen) atoms. The van der Waals surface area contributed by atoms with Gasteiger partial charge in [-0.1, -0.05) is 6.92 Å². The van der Waals surface area contributed by atoms with Crippen LogP contribution >= 0.6 is 0 Å². The number of nitro benzene ring substituents is 1. The molecule has 0 aromatic heterocycles. The van der Waals surface area contributed by atoms with Gasteiger partial charge < -0.3 is 4.74 Å². The van der Waals surface area contributed by atoms with E-state index >= 15 is 0 Å². The average molecular weight is 259 g/mol. The van der Waals surface area contributed by atoms with Gasteiger partial charge in [0, 0.05) is 11.1 Å². The van der Waals surface area contributed by atoms with E-state index in [0.717, 1.165) is 6.07 Å². The van der Waals surface area contributed by atoms with Crippen LogP contribution in [0.25, 0.3) is 0 Å². The molecular formula is C11H11F2NO4. The fraction of sp³-hybridized carbons (Fsp3) is 0.364. The number of Topliss-reactive ketones (excluding diaryl/α,β-unsaturated/α-hetero) is 1. The van der Waals surface area contributed by atoms with Crippen LogP contribution in [0.15, 0.2) is 12.1 Å². The fourth-order valence-electron chi connectivity index (χ4n) is 1.69. The SMILES string of the molecule is CCc1c(C(C)=O)ccc(OC(F)F)c1[N+](=O)[O-]. The molecule has 0 spiro atoms. The Balaban J connectivity index is 3.48. The molecule has 0 bridgehead atoms. The minimum atomic E-state index is -3.16. The number of hydrogen-bond donors (Lipinski definition) is 0. The highest BCUT2D eigenvalue weighted by Crippen LogP contribution is 2.34. The number of nitro groups is 1. The second-order valence-corrected chi connectivity index (χ2v) is 3.48. The maximum atomic E-state index is 12.1. The van der Waals surface area contributed by atoms with Crippen molar-refractivity contribution in [2.45, 2.75) is 26.9 Å². The van der Waals surface area contributed by atoms with E-state index in [1.54, 1.807) is 6.92 Å². The van der Waals surface area contributed by atoms with Crippen molar-refractivity contribution in [2.24, 2.45) is 0 Å². The van der Waals surface area contributed by atoms with Crippen LogP contribution in [-0.4, -0.2) is 17.3 Å². The van der Waals surface area contributed by atoms with Crippen LogP contribution in [0, 0.1) is 10.1 Å². The Morgan fingerprint density at radius 2 is 2.11 bits per heavy atom. The predicted octanol–water partition coefficient (Wildman–Crippen LogP) is 2.96. The number of ether oxygens (including phenoxy) is 1. The zero-order valence-electron chi connectivity index (χ0n) is 9.78. The molecule has 7 heteroatoms. The van der Waals surface area contributed by atoms with Gasteiger partial charge in [-0.25, -0.2) is 0 Å². The van der Waals surface area contributed by atoms with Crippen molar-refractivity contribution in [1.29, 1.82) is 0 Å². The van der Waals surface area contributed by atoms with Gasteiger partial charge in [0.15, 0.2) is 5.78 Å². The van der Waals surface area contributed by atoms with Crippen LogP contribution in [-0.2, 0) is 6.42 Å². The molecule has 0 unspecified atom stereocenters. The molecule has 0 saturated carbocycles. The summed E-state index contributed by atoms with van der Waals surface area (Å²) >= 11 is 0. The minimum absolute atomic E-state index is 0.102. The molecule has 5 nitrogen and oxygen atoms in total. The molecule has 1 rings (SSSR count). The Hall–Kier alpha value is -2.05. The second-order valence-electron chi connectivity index (χ2n) is 3.48. The van der Waals surface area contributed by atoms with E-state index in [1.165, 1.54) is 13.0 Å². The summed E-state index contributed by atoms with van der Waals surface area (Å²) in [7, 11) is 0. The number of rotatable bonds is 5. The summed E-state index contributed by atoms with van der Waals surface area (Å²) in [5.74, 6) is -0.893. The molecule has 98 valence electrons. The molecule has 1 aromatic carbocycles. The number of carbonyl (C=O) groups excluding carboxylic acids is 1. The molecule has 0 fully saturated rings. The Morgan fingerprint density at radius 1 is 1.50 bits per heavy atom. The predicted molar refractivity (Wildman–Crippen MR) is 59.1 cm³/mol. The summed E-state index contributed by atoms with van der Waals surface area (Å²) in [6.45, 7) is -0.302. The van der Waals surface area contributed by atoms with Gasteiger partial charge in [0.05, 0.1) is 4.92 Å². The average Bonchev–Trinajstić information content (AvgIpc) is 2.26. The second kappa shape index (κ2) is 5.52. The topological polar surface area (TPSA) is 69.4 Å². The van der Waals surface area contributed by atoms with Crippen LogP contribution in [0.3, 0.4) is 0 Å². The Labute approximate surface area is 102 Å².